The van der Waals surface area contributed by atoms with Crippen LogP contribution in [0, 0.1) is 0 Å². The van der Waals surface area contributed by atoms with Crippen LogP contribution in [0.5, 0.6) is 5.75 Å². The largest absolute Gasteiger partial charge is 0.493 e. The van der Waals surface area contributed by atoms with E-state index < -0.39 is 0 Å². The molecule has 3 nitrogen and oxygen atoms in total. The van der Waals surface area contributed by atoms with Gasteiger partial charge in [0.25, 0.3) is 0 Å². The van der Waals surface area contributed by atoms with E-state index in [2.05, 4.69) is 27.9 Å². The second-order valence-corrected chi connectivity index (χ2v) is 4.42. The smallest absolute Gasteiger partial charge is 0.128 e. The van der Waals surface area contributed by atoms with Crippen molar-refractivity contribution in [1.29, 1.82) is 0 Å². The molecule has 1 aromatic carbocycles. The average molecular weight is 252 g/mol. The van der Waals surface area contributed by atoms with Gasteiger partial charge in [0, 0.05) is 30.5 Å². The van der Waals surface area contributed by atoms with Gasteiger partial charge in [-0.25, -0.2) is 0 Å². The van der Waals surface area contributed by atoms with E-state index in [-0.39, 0.29) is 0 Å². The van der Waals surface area contributed by atoms with Gasteiger partial charge < -0.3 is 9.30 Å². The fraction of sp³-hybridized carbons (Fsp3) is 0.188. The third kappa shape index (κ3) is 2.32. The van der Waals surface area contributed by atoms with Crippen LogP contribution in [0.25, 0.3) is 10.9 Å². The Morgan fingerprint density at radius 3 is 2.74 bits per heavy atom. The zero-order valence-corrected chi connectivity index (χ0v) is 10.9. The van der Waals surface area contributed by atoms with Crippen molar-refractivity contribution in [2.24, 2.45) is 0 Å². The molecule has 0 spiro atoms. The number of benzene rings is 1. The van der Waals surface area contributed by atoms with Gasteiger partial charge in [-0.2, -0.15) is 0 Å². The first kappa shape index (κ1) is 11.8. The number of pyridine rings is 1. The maximum Gasteiger partial charge on any atom is 0.128 e. The van der Waals surface area contributed by atoms with E-state index >= 15 is 0 Å². The van der Waals surface area contributed by atoms with Crippen molar-refractivity contribution in [3.8, 4) is 5.75 Å². The molecule has 0 aliphatic heterocycles. The van der Waals surface area contributed by atoms with Gasteiger partial charge in [-0.3, -0.25) is 4.98 Å². The average Bonchev–Trinajstić information content (AvgIpc) is 2.85. The van der Waals surface area contributed by atoms with E-state index in [0.29, 0.717) is 6.61 Å². The molecule has 0 fully saturated rings. The number of hydrogen-bond donors (Lipinski definition) is 0. The molecule has 0 N–H and O–H groups in total. The first-order chi connectivity index (χ1) is 9.38. The fourth-order valence-electron chi connectivity index (χ4n) is 2.30. The van der Waals surface area contributed by atoms with Crippen molar-refractivity contribution < 1.29 is 4.74 Å². The second-order valence-electron chi connectivity index (χ2n) is 4.42. The quantitative estimate of drug-likeness (QED) is 0.710. The van der Waals surface area contributed by atoms with Gasteiger partial charge in [0.15, 0.2) is 0 Å². The van der Waals surface area contributed by atoms with Gasteiger partial charge in [-0.05, 0) is 42.8 Å². The highest BCUT2D eigenvalue weighted by molar-refractivity contribution is 5.86. The van der Waals surface area contributed by atoms with Crippen LogP contribution in [0.3, 0.4) is 0 Å². The number of hydrogen-bond acceptors (Lipinski definition) is 2. The molecule has 3 aromatic rings. The molecule has 0 atom stereocenters. The Morgan fingerprint density at radius 2 is 1.95 bits per heavy atom. The molecule has 0 unspecified atom stereocenters. The van der Waals surface area contributed by atoms with E-state index in [9.17, 15) is 0 Å². The summed E-state index contributed by atoms with van der Waals surface area (Å²) in [6.45, 7) is 3.54. The van der Waals surface area contributed by atoms with Gasteiger partial charge in [-0.1, -0.05) is 6.07 Å². The Labute approximate surface area is 112 Å². The van der Waals surface area contributed by atoms with E-state index in [1.165, 1.54) is 16.5 Å². The topological polar surface area (TPSA) is 27.1 Å². The predicted molar refractivity (Wildman–Crippen MR) is 76.4 cm³/mol. The van der Waals surface area contributed by atoms with Crippen LogP contribution in [-0.2, 0) is 6.54 Å². The summed E-state index contributed by atoms with van der Waals surface area (Å²) >= 11 is 0. The normalized spacial score (nSPS) is 10.8. The highest BCUT2D eigenvalue weighted by atomic mass is 16.5. The minimum atomic E-state index is 0.689. The number of rotatable bonds is 4. The van der Waals surface area contributed by atoms with Gasteiger partial charge in [0.1, 0.15) is 5.75 Å². The zero-order valence-electron chi connectivity index (χ0n) is 10.9. The molecule has 3 rings (SSSR count). The number of aromatic nitrogens is 2. The Hall–Kier alpha value is -2.29. The van der Waals surface area contributed by atoms with E-state index in [4.69, 9.17) is 4.74 Å². The second kappa shape index (κ2) is 5.14. The van der Waals surface area contributed by atoms with Crippen LogP contribution in [0.15, 0.2) is 55.0 Å². The lowest BCUT2D eigenvalue weighted by Gasteiger charge is -2.07. The lowest BCUT2D eigenvalue weighted by Crippen LogP contribution is -1.98. The summed E-state index contributed by atoms with van der Waals surface area (Å²) in [6.07, 6.45) is 5.76. The molecule has 0 amide bonds. The Balaban J connectivity index is 1.99. The molecular weight excluding hydrogens is 236 g/mol. The van der Waals surface area contributed by atoms with E-state index in [0.717, 1.165) is 12.3 Å². The molecule has 19 heavy (non-hydrogen) atoms. The minimum absolute atomic E-state index is 0.689. The van der Waals surface area contributed by atoms with Gasteiger partial charge >= 0.3 is 0 Å². The Bertz CT molecular complexity index is 674. The van der Waals surface area contributed by atoms with Crippen molar-refractivity contribution in [3.63, 3.8) is 0 Å². The maximum absolute atomic E-state index is 5.66. The lowest BCUT2D eigenvalue weighted by atomic mass is 10.2. The minimum Gasteiger partial charge on any atom is -0.493 e. The van der Waals surface area contributed by atoms with Crippen LogP contribution in [0.1, 0.15) is 12.5 Å². The number of fused-ring (bicyclic) bond motifs is 1. The summed E-state index contributed by atoms with van der Waals surface area (Å²) in [7, 11) is 0. The standard InChI is InChI=1S/C16H16N2O/c1-2-19-16-5-3-4-15-14(16)8-11-18(15)12-13-6-9-17-10-7-13/h3-11H,2,12H2,1H3. The third-order valence-corrected chi connectivity index (χ3v) is 3.18. The monoisotopic (exact) mass is 252 g/mol. The van der Waals surface area contributed by atoms with Crippen molar-refractivity contribution in [1.82, 2.24) is 9.55 Å². The third-order valence-electron chi connectivity index (χ3n) is 3.18. The molecule has 0 aliphatic carbocycles. The molecule has 0 saturated carbocycles. The van der Waals surface area contributed by atoms with Crippen LogP contribution in [0.4, 0.5) is 0 Å². The molecule has 0 radical (unpaired) electrons. The molecule has 0 saturated heterocycles. The van der Waals surface area contributed by atoms with E-state index in [1.807, 2.05) is 43.6 Å². The van der Waals surface area contributed by atoms with Crippen molar-refractivity contribution in [3.05, 3.63) is 60.6 Å². The van der Waals surface area contributed by atoms with Crippen LogP contribution in [-0.4, -0.2) is 16.2 Å². The van der Waals surface area contributed by atoms with Gasteiger partial charge in [0.2, 0.25) is 0 Å². The van der Waals surface area contributed by atoms with E-state index in [1.54, 1.807) is 0 Å². The molecule has 96 valence electrons. The molecule has 0 aliphatic rings. The highest BCUT2D eigenvalue weighted by Gasteiger charge is 2.06. The fourth-order valence-corrected chi connectivity index (χ4v) is 2.30. The summed E-state index contributed by atoms with van der Waals surface area (Å²) in [5.41, 5.74) is 2.44. The zero-order chi connectivity index (χ0) is 13.1. The molecular formula is C16H16N2O. The van der Waals surface area contributed by atoms with Crippen LogP contribution in [0.2, 0.25) is 0 Å². The SMILES string of the molecule is CCOc1cccc2c1ccn2Cc1ccncc1. The van der Waals surface area contributed by atoms with Gasteiger partial charge in [-0.15, -0.1) is 0 Å². The van der Waals surface area contributed by atoms with Crippen molar-refractivity contribution >= 4 is 10.9 Å². The Kier molecular flexibility index (Phi) is 3.19. The van der Waals surface area contributed by atoms with Crippen molar-refractivity contribution in [2.75, 3.05) is 6.61 Å². The molecule has 2 heterocycles. The molecule has 0 bridgehead atoms. The highest BCUT2D eigenvalue weighted by Crippen LogP contribution is 2.27. The maximum atomic E-state index is 5.66. The summed E-state index contributed by atoms with van der Waals surface area (Å²) in [4.78, 5) is 4.05. The van der Waals surface area contributed by atoms with Gasteiger partial charge in [0.05, 0.1) is 12.1 Å². The molecule has 2 aromatic heterocycles. The summed E-state index contributed by atoms with van der Waals surface area (Å²) in [5, 5.41) is 1.17. The summed E-state index contributed by atoms with van der Waals surface area (Å²) < 4.78 is 7.89. The van der Waals surface area contributed by atoms with Crippen LogP contribution < -0.4 is 4.74 Å². The first-order valence-corrected chi connectivity index (χ1v) is 6.48. The predicted octanol–water partition coefficient (Wildman–Crippen LogP) is 3.48. The Morgan fingerprint density at radius 1 is 1.11 bits per heavy atom. The van der Waals surface area contributed by atoms with Crippen LogP contribution >= 0.6 is 0 Å². The summed E-state index contributed by atoms with van der Waals surface area (Å²) in [6, 6.07) is 12.4. The molecule has 3 heteroatoms. The lowest BCUT2D eigenvalue weighted by molar-refractivity contribution is 0.344. The summed E-state index contributed by atoms with van der Waals surface area (Å²) in [5.74, 6) is 0.952. The van der Waals surface area contributed by atoms with Crippen molar-refractivity contribution in [2.45, 2.75) is 13.5 Å². The first-order valence-electron chi connectivity index (χ1n) is 6.48. The number of nitrogens with zero attached hydrogens (tertiary/aromatic N) is 2. The number of ether oxygens (including phenoxy) is 1.